The fourth-order valence-electron chi connectivity index (χ4n) is 3.58. The van der Waals surface area contributed by atoms with Crippen molar-refractivity contribution in [1.82, 2.24) is 0 Å². The molecule has 3 rings (SSSR count). The minimum Gasteiger partial charge on any atom is -0.371 e. The molecule has 98 valence electrons. The summed E-state index contributed by atoms with van der Waals surface area (Å²) in [7, 11) is 2.19. The van der Waals surface area contributed by atoms with E-state index in [4.69, 9.17) is 5.73 Å². The van der Waals surface area contributed by atoms with Crippen molar-refractivity contribution in [2.75, 3.05) is 36.5 Å². The highest BCUT2D eigenvalue weighted by molar-refractivity contribution is 5.73. The minimum atomic E-state index is 0.657. The average Bonchev–Trinajstić information content (AvgIpc) is 2.88. The van der Waals surface area contributed by atoms with Crippen LogP contribution in [0.3, 0.4) is 0 Å². The molecule has 0 radical (unpaired) electrons. The third kappa shape index (κ3) is 1.87. The molecule has 1 fully saturated rings. The molecule has 1 aliphatic carbocycles. The molecule has 2 N–H and O–H groups in total. The number of benzene rings is 1. The van der Waals surface area contributed by atoms with Crippen LogP contribution in [0, 0.1) is 5.92 Å². The molecule has 18 heavy (non-hydrogen) atoms. The molecule has 3 nitrogen and oxygen atoms in total. The summed E-state index contributed by atoms with van der Waals surface area (Å²) in [6.07, 6.45) is 3.94. The van der Waals surface area contributed by atoms with Gasteiger partial charge in [-0.05, 0) is 37.4 Å². The lowest BCUT2D eigenvalue weighted by molar-refractivity contribution is 0.454. The minimum absolute atomic E-state index is 0.657. The van der Waals surface area contributed by atoms with E-state index in [0.717, 1.165) is 19.6 Å². The van der Waals surface area contributed by atoms with Crippen molar-refractivity contribution in [3.8, 4) is 0 Å². The van der Waals surface area contributed by atoms with Crippen molar-refractivity contribution in [3.63, 3.8) is 0 Å². The van der Waals surface area contributed by atoms with Crippen molar-refractivity contribution in [1.29, 1.82) is 0 Å². The number of nitrogens with two attached hydrogens (primary N) is 1. The maximum absolute atomic E-state index is 5.94. The Labute approximate surface area is 110 Å². The number of hydrogen-bond donors (Lipinski definition) is 1. The van der Waals surface area contributed by atoms with Crippen molar-refractivity contribution < 1.29 is 0 Å². The number of fused-ring (bicyclic) bond motifs is 1. The molecule has 0 amide bonds. The zero-order chi connectivity index (χ0) is 12.5. The highest BCUT2D eigenvalue weighted by Gasteiger charge is 2.34. The molecule has 1 heterocycles. The molecular weight excluding hydrogens is 222 g/mol. The van der Waals surface area contributed by atoms with Gasteiger partial charge in [-0.15, -0.1) is 0 Å². The maximum Gasteiger partial charge on any atom is 0.0607 e. The average molecular weight is 245 g/mol. The monoisotopic (exact) mass is 245 g/mol. The van der Waals surface area contributed by atoms with Crippen LogP contribution in [0.15, 0.2) is 24.3 Å². The highest BCUT2D eigenvalue weighted by Crippen LogP contribution is 2.38. The van der Waals surface area contributed by atoms with Crippen LogP contribution in [-0.4, -0.2) is 32.7 Å². The van der Waals surface area contributed by atoms with Crippen LogP contribution in [0.5, 0.6) is 0 Å². The first-order chi connectivity index (χ1) is 8.81. The largest absolute Gasteiger partial charge is 0.371 e. The van der Waals surface area contributed by atoms with Gasteiger partial charge < -0.3 is 15.5 Å². The van der Waals surface area contributed by atoms with E-state index in [1.165, 1.54) is 30.6 Å². The van der Waals surface area contributed by atoms with Gasteiger partial charge >= 0.3 is 0 Å². The van der Waals surface area contributed by atoms with Gasteiger partial charge in [-0.3, -0.25) is 0 Å². The lowest BCUT2D eigenvalue weighted by atomic mass is 10.00. The number of rotatable bonds is 2. The fraction of sp³-hybridized carbons (Fsp3) is 0.600. The first-order valence-corrected chi connectivity index (χ1v) is 7.08. The Morgan fingerprint density at radius 1 is 1.17 bits per heavy atom. The van der Waals surface area contributed by atoms with Crippen molar-refractivity contribution in [2.45, 2.75) is 25.3 Å². The molecule has 1 aromatic rings. The van der Waals surface area contributed by atoms with Gasteiger partial charge in [0.15, 0.2) is 0 Å². The molecule has 1 aromatic carbocycles. The normalized spacial score (nSPS) is 27.4. The van der Waals surface area contributed by atoms with Gasteiger partial charge in [-0.25, -0.2) is 0 Å². The zero-order valence-electron chi connectivity index (χ0n) is 11.2. The summed E-state index contributed by atoms with van der Waals surface area (Å²) in [5.41, 5.74) is 8.71. The van der Waals surface area contributed by atoms with Gasteiger partial charge in [0.1, 0.15) is 0 Å². The predicted molar refractivity (Wildman–Crippen MR) is 77.2 cm³/mol. The van der Waals surface area contributed by atoms with E-state index in [0.29, 0.717) is 12.0 Å². The molecule has 0 spiro atoms. The van der Waals surface area contributed by atoms with Gasteiger partial charge in [0.05, 0.1) is 11.4 Å². The predicted octanol–water partition coefficient (Wildman–Crippen LogP) is 2.07. The van der Waals surface area contributed by atoms with Gasteiger partial charge in [0.25, 0.3) is 0 Å². The molecule has 1 saturated carbocycles. The second kappa shape index (κ2) is 4.81. The number of nitrogens with zero attached hydrogens (tertiary/aromatic N) is 2. The summed E-state index contributed by atoms with van der Waals surface area (Å²) < 4.78 is 0. The van der Waals surface area contributed by atoms with E-state index < -0.39 is 0 Å². The Balaban J connectivity index is 1.92. The fourth-order valence-corrected chi connectivity index (χ4v) is 3.58. The molecular formula is C15H23N3. The van der Waals surface area contributed by atoms with Crippen LogP contribution in [-0.2, 0) is 0 Å². The Morgan fingerprint density at radius 3 is 2.72 bits per heavy atom. The van der Waals surface area contributed by atoms with Gasteiger partial charge in [0.2, 0.25) is 0 Å². The Kier molecular flexibility index (Phi) is 3.16. The van der Waals surface area contributed by atoms with E-state index in [2.05, 4.69) is 41.1 Å². The Bertz CT molecular complexity index is 418. The SMILES string of the molecule is CN1CCN(C2CCCC2CN)c2ccccc21. The number of likely N-dealkylation sites (N-methyl/N-ethyl adjacent to an activating group) is 1. The summed E-state index contributed by atoms with van der Waals surface area (Å²) in [6, 6.07) is 9.43. The Hall–Kier alpha value is -1.22. The van der Waals surface area contributed by atoms with Crippen LogP contribution < -0.4 is 15.5 Å². The van der Waals surface area contributed by atoms with Gasteiger partial charge in [-0.2, -0.15) is 0 Å². The van der Waals surface area contributed by atoms with E-state index in [-0.39, 0.29) is 0 Å². The van der Waals surface area contributed by atoms with E-state index in [1.54, 1.807) is 0 Å². The number of hydrogen-bond acceptors (Lipinski definition) is 3. The van der Waals surface area contributed by atoms with Gasteiger partial charge in [-0.1, -0.05) is 18.6 Å². The lowest BCUT2D eigenvalue weighted by Crippen LogP contribution is -2.47. The van der Waals surface area contributed by atoms with E-state index in [1.807, 2.05) is 0 Å². The summed E-state index contributed by atoms with van der Waals surface area (Å²) in [5, 5.41) is 0. The summed E-state index contributed by atoms with van der Waals surface area (Å²) in [6.45, 7) is 3.08. The second-order valence-electron chi connectivity index (χ2n) is 5.60. The zero-order valence-corrected chi connectivity index (χ0v) is 11.2. The number of para-hydroxylation sites is 2. The molecule has 2 atom stereocenters. The molecule has 1 aliphatic heterocycles. The highest BCUT2D eigenvalue weighted by atomic mass is 15.3. The first-order valence-electron chi connectivity index (χ1n) is 7.08. The van der Waals surface area contributed by atoms with E-state index >= 15 is 0 Å². The van der Waals surface area contributed by atoms with Crippen LogP contribution in [0.2, 0.25) is 0 Å². The molecule has 3 heteroatoms. The maximum atomic E-state index is 5.94. The summed E-state index contributed by atoms with van der Waals surface area (Å²) in [5.74, 6) is 0.682. The molecule has 2 aliphatic rings. The van der Waals surface area contributed by atoms with Crippen LogP contribution in [0.1, 0.15) is 19.3 Å². The van der Waals surface area contributed by atoms with Crippen molar-refractivity contribution in [3.05, 3.63) is 24.3 Å². The van der Waals surface area contributed by atoms with Crippen LogP contribution >= 0.6 is 0 Å². The Morgan fingerprint density at radius 2 is 1.94 bits per heavy atom. The third-order valence-corrected chi connectivity index (χ3v) is 4.60. The third-order valence-electron chi connectivity index (χ3n) is 4.60. The molecule has 0 bridgehead atoms. The smallest absolute Gasteiger partial charge is 0.0607 e. The summed E-state index contributed by atoms with van der Waals surface area (Å²) >= 11 is 0. The second-order valence-corrected chi connectivity index (χ2v) is 5.60. The number of anilines is 2. The van der Waals surface area contributed by atoms with Crippen LogP contribution in [0.25, 0.3) is 0 Å². The molecule has 0 aromatic heterocycles. The van der Waals surface area contributed by atoms with Crippen molar-refractivity contribution in [2.24, 2.45) is 11.7 Å². The summed E-state index contributed by atoms with van der Waals surface area (Å²) in [4.78, 5) is 4.97. The topological polar surface area (TPSA) is 32.5 Å². The molecule has 2 unspecified atom stereocenters. The van der Waals surface area contributed by atoms with Crippen molar-refractivity contribution >= 4 is 11.4 Å². The van der Waals surface area contributed by atoms with Crippen LogP contribution in [0.4, 0.5) is 11.4 Å². The van der Waals surface area contributed by atoms with Gasteiger partial charge in [0, 0.05) is 26.2 Å². The lowest BCUT2D eigenvalue weighted by Gasteiger charge is -2.42. The first kappa shape index (κ1) is 11.8. The van der Waals surface area contributed by atoms with E-state index in [9.17, 15) is 0 Å². The quantitative estimate of drug-likeness (QED) is 0.866. The molecule has 0 saturated heterocycles. The standard InChI is InChI=1S/C15H23N3/c1-17-9-10-18(13-8-4-5-12(13)11-16)15-7-3-2-6-14(15)17/h2-3,6-7,12-13H,4-5,8-11,16H2,1H3.